The molecule has 7 heteroatoms. The number of rotatable bonds is 4. The third-order valence-corrected chi connectivity index (χ3v) is 5.87. The zero-order valence-electron chi connectivity index (χ0n) is 17.2. The first-order valence-electron chi connectivity index (χ1n) is 10.1. The van der Waals surface area contributed by atoms with E-state index in [0.29, 0.717) is 5.56 Å². The summed E-state index contributed by atoms with van der Waals surface area (Å²) in [5.74, 6) is -1.82. The average Bonchev–Trinajstić information content (AvgIpc) is 3.07. The number of anilines is 2. The van der Waals surface area contributed by atoms with E-state index in [1.165, 1.54) is 41.3 Å². The first-order chi connectivity index (χ1) is 15.4. The number of aryl methyl sites for hydroxylation is 1. The number of nitrogens with one attached hydrogen (secondary N) is 2. The van der Waals surface area contributed by atoms with Gasteiger partial charge in [-0.1, -0.05) is 30.3 Å². The standard InChI is InChI=1S/C25H19F2N3O2/c1-15-23(20-10-2-3-11-21(20)28-15)25(24(32)29-18-8-4-6-16(26)12-18)14-22(31)30(25)19-9-5-7-17(27)13-19/h2-13,28H,14H2,1H3,(H,29,32). The number of fused-ring (bicyclic) bond motifs is 1. The van der Waals surface area contributed by atoms with Crippen LogP contribution in [0.3, 0.4) is 0 Å². The highest BCUT2D eigenvalue weighted by Gasteiger charge is 2.60. The lowest BCUT2D eigenvalue weighted by molar-refractivity contribution is -0.137. The number of halogens is 2. The average molecular weight is 431 g/mol. The zero-order chi connectivity index (χ0) is 22.5. The molecule has 1 aliphatic rings. The van der Waals surface area contributed by atoms with Gasteiger partial charge in [-0.2, -0.15) is 0 Å². The lowest BCUT2D eigenvalue weighted by atomic mass is 9.74. The number of carbonyl (C=O) groups is 2. The fraction of sp³-hybridized carbons (Fsp3) is 0.120. The third kappa shape index (κ3) is 2.97. The Bertz CT molecular complexity index is 1380. The van der Waals surface area contributed by atoms with Crippen molar-refractivity contribution in [3.63, 3.8) is 0 Å². The lowest BCUT2D eigenvalue weighted by Gasteiger charge is -2.50. The van der Waals surface area contributed by atoms with E-state index in [2.05, 4.69) is 10.3 Å². The van der Waals surface area contributed by atoms with Gasteiger partial charge in [-0.05, 0) is 49.4 Å². The molecule has 32 heavy (non-hydrogen) atoms. The van der Waals surface area contributed by atoms with Gasteiger partial charge in [0.25, 0.3) is 5.91 Å². The minimum atomic E-state index is -1.43. The normalized spacial score (nSPS) is 18.0. The van der Waals surface area contributed by atoms with Crippen LogP contribution in [0.2, 0.25) is 0 Å². The van der Waals surface area contributed by atoms with Gasteiger partial charge in [0.05, 0.1) is 6.42 Å². The molecule has 1 fully saturated rings. The molecule has 0 bridgehead atoms. The molecule has 2 amide bonds. The first kappa shape index (κ1) is 19.9. The molecule has 1 aliphatic heterocycles. The molecule has 1 atom stereocenters. The van der Waals surface area contributed by atoms with Gasteiger partial charge in [-0.15, -0.1) is 0 Å². The van der Waals surface area contributed by atoms with Gasteiger partial charge in [0.15, 0.2) is 5.54 Å². The number of aromatic amines is 1. The highest BCUT2D eigenvalue weighted by Crippen LogP contribution is 2.49. The van der Waals surface area contributed by atoms with Gasteiger partial charge < -0.3 is 10.3 Å². The quantitative estimate of drug-likeness (QED) is 0.446. The zero-order valence-corrected chi connectivity index (χ0v) is 17.2. The number of hydrogen-bond acceptors (Lipinski definition) is 2. The van der Waals surface area contributed by atoms with Gasteiger partial charge in [0.1, 0.15) is 11.6 Å². The van der Waals surface area contributed by atoms with E-state index >= 15 is 0 Å². The van der Waals surface area contributed by atoms with Crippen LogP contribution in [0.15, 0.2) is 72.8 Å². The van der Waals surface area contributed by atoms with Crippen LogP contribution in [0.5, 0.6) is 0 Å². The van der Waals surface area contributed by atoms with Gasteiger partial charge in [-0.25, -0.2) is 8.78 Å². The minimum absolute atomic E-state index is 0.104. The largest absolute Gasteiger partial charge is 0.358 e. The fourth-order valence-corrected chi connectivity index (χ4v) is 4.58. The summed E-state index contributed by atoms with van der Waals surface area (Å²) in [6.45, 7) is 1.83. The Hall–Kier alpha value is -4.00. The maximum atomic E-state index is 14.0. The van der Waals surface area contributed by atoms with E-state index < -0.39 is 23.1 Å². The number of nitrogens with zero attached hydrogens (tertiary/aromatic N) is 1. The topological polar surface area (TPSA) is 65.2 Å². The van der Waals surface area contributed by atoms with Crippen LogP contribution in [0.25, 0.3) is 10.9 Å². The van der Waals surface area contributed by atoms with Crippen molar-refractivity contribution < 1.29 is 18.4 Å². The summed E-state index contributed by atoms with van der Waals surface area (Å²) >= 11 is 0. The van der Waals surface area contributed by atoms with E-state index in [4.69, 9.17) is 0 Å². The van der Waals surface area contributed by atoms with Crippen LogP contribution < -0.4 is 10.2 Å². The molecule has 0 saturated carbocycles. The summed E-state index contributed by atoms with van der Waals surface area (Å²) in [7, 11) is 0. The van der Waals surface area contributed by atoms with Crippen molar-refractivity contribution in [2.45, 2.75) is 18.9 Å². The number of para-hydroxylation sites is 1. The van der Waals surface area contributed by atoms with Crippen LogP contribution >= 0.6 is 0 Å². The number of hydrogen-bond donors (Lipinski definition) is 2. The molecule has 1 saturated heterocycles. The second-order valence-electron chi connectivity index (χ2n) is 7.88. The number of H-pyrrole nitrogens is 1. The second kappa shape index (κ2) is 7.30. The molecule has 2 heterocycles. The maximum absolute atomic E-state index is 14.0. The fourth-order valence-electron chi connectivity index (χ4n) is 4.58. The number of carbonyl (C=O) groups excluding carboxylic acids is 2. The number of β-lactam (4-membered cyclic amide) rings is 1. The maximum Gasteiger partial charge on any atom is 0.256 e. The van der Waals surface area contributed by atoms with Crippen molar-refractivity contribution in [1.82, 2.24) is 4.98 Å². The summed E-state index contributed by atoms with van der Waals surface area (Å²) in [6, 6.07) is 18.6. The lowest BCUT2D eigenvalue weighted by Crippen LogP contribution is -2.67. The Kier molecular flexibility index (Phi) is 4.55. The molecule has 1 aromatic heterocycles. The predicted octanol–water partition coefficient (Wildman–Crippen LogP) is 5.03. The van der Waals surface area contributed by atoms with Gasteiger partial charge in [0.2, 0.25) is 5.91 Å². The molecule has 5 rings (SSSR count). The molecule has 160 valence electrons. The van der Waals surface area contributed by atoms with E-state index in [-0.39, 0.29) is 23.7 Å². The molecule has 0 radical (unpaired) electrons. The van der Waals surface area contributed by atoms with Crippen molar-refractivity contribution in [3.8, 4) is 0 Å². The van der Waals surface area contributed by atoms with Crippen LogP contribution in [0.4, 0.5) is 20.2 Å². The van der Waals surface area contributed by atoms with E-state index in [1.807, 2.05) is 31.2 Å². The van der Waals surface area contributed by atoms with Crippen molar-refractivity contribution in [3.05, 3.63) is 95.7 Å². The van der Waals surface area contributed by atoms with Crippen LogP contribution in [0, 0.1) is 18.6 Å². The van der Waals surface area contributed by atoms with Gasteiger partial charge >= 0.3 is 0 Å². The molecular formula is C25H19F2N3O2. The number of benzene rings is 3. The van der Waals surface area contributed by atoms with Crippen molar-refractivity contribution in [1.29, 1.82) is 0 Å². The van der Waals surface area contributed by atoms with Crippen molar-refractivity contribution in [2.24, 2.45) is 0 Å². The molecular weight excluding hydrogens is 412 g/mol. The highest BCUT2D eigenvalue weighted by molar-refractivity contribution is 6.18. The Balaban J connectivity index is 1.71. The Morgan fingerprint density at radius 3 is 2.44 bits per heavy atom. The van der Waals surface area contributed by atoms with Gasteiger partial charge in [-0.3, -0.25) is 14.5 Å². The minimum Gasteiger partial charge on any atom is -0.358 e. The second-order valence-corrected chi connectivity index (χ2v) is 7.88. The molecule has 0 spiro atoms. The predicted molar refractivity (Wildman–Crippen MR) is 118 cm³/mol. The van der Waals surface area contributed by atoms with Crippen LogP contribution in [0.1, 0.15) is 17.7 Å². The summed E-state index contributed by atoms with van der Waals surface area (Å²) in [5, 5.41) is 3.55. The van der Waals surface area contributed by atoms with Crippen LogP contribution in [-0.2, 0) is 15.1 Å². The summed E-state index contributed by atoms with van der Waals surface area (Å²) in [5.41, 5.74) is 1.28. The van der Waals surface area contributed by atoms with E-state index in [9.17, 15) is 18.4 Å². The molecule has 3 aromatic carbocycles. The summed E-state index contributed by atoms with van der Waals surface area (Å²) < 4.78 is 27.8. The Labute approximate surface area is 182 Å². The molecule has 4 aromatic rings. The van der Waals surface area contributed by atoms with Crippen molar-refractivity contribution in [2.75, 3.05) is 10.2 Å². The SMILES string of the molecule is Cc1[nH]c2ccccc2c1C1(C(=O)Nc2cccc(F)c2)CC(=O)N1c1cccc(F)c1. The molecule has 1 unspecified atom stereocenters. The molecule has 5 nitrogen and oxygen atoms in total. The third-order valence-electron chi connectivity index (χ3n) is 5.87. The monoisotopic (exact) mass is 431 g/mol. The smallest absolute Gasteiger partial charge is 0.256 e. The summed E-state index contributed by atoms with van der Waals surface area (Å²) in [4.78, 5) is 31.3. The Morgan fingerprint density at radius 2 is 1.72 bits per heavy atom. The first-order valence-corrected chi connectivity index (χ1v) is 10.1. The van der Waals surface area contributed by atoms with E-state index in [0.717, 1.165) is 16.6 Å². The number of amides is 2. The number of aromatic nitrogens is 1. The van der Waals surface area contributed by atoms with Crippen LogP contribution in [-0.4, -0.2) is 16.8 Å². The molecule has 2 N–H and O–H groups in total. The highest BCUT2D eigenvalue weighted by atomic mass is 19.1. The Morgan fingerprint density at radius 1 is 1.00 bits per heavy atom. The summed E-state index contributed by atoms with van der Waals surface area (Å²) in [6.07, 6.45) is -0.104. The van der Waals surface area contributed by atoms with Gasteiger partial charge in [0, 0.05) is 33.5 Å². The van der Waals surface area contributed by atoms with Crippen molar-refractivity contribution >= 4 is 34.1 Å². The van der Waals surface area contributed by atoms with E-state index in [1.54, 1.807) is 12.1 Å². The molecule has 0 aliphatic carbocycles.